The number of nitrogens with one attached hydrogen (secondary N) is 2. The maximum absolute atomic E-state index is 12.4. The molecule has 8 heteroatoms. The van der Waals surface area contributed by atoms with Crippen molar-refractivity contribution in [3.63, 3.8) is 0 Å². The third kappa shape index (κ3) is 3.47. The van der Waals surface area contributed by atoms with Crippen molar-refractivity contribution in [2.24, 2.45) is 0 Å². The third-order valence-corrected chi connectivity index (χ3v) is 3.37. The molecule has 0 bridgehead atoms. The SMILES string of the molecule is CCNC(=O)NC(=O)CN1C(=O)[C@H](C)N(c2ccccc2)C1=O. The van der Waals surface area contributed by atoms with Crippen LogP contribution in [-0.2, 0) is 9.59 Å². The molecule has 0 aromatic heterocycles. The summed E-state index contributed by atoms with van der Waals surface area (Å²) in [6, 6.07) is 6.77. The quantitative estimate of drug-likeness (QED) is 0.798. The number of amides is 6. The number of carbonyl (C=O) groups excluding carboxylic acids is 4. The lowest BCUT2D eigenvalue weighted by atomic mass is 10.2. The second kappa shape index (κ2) is 6.91. The van der Waals surface area contributed by atoms with E-state index in [4.69, 9.17) is 0 Å². The van der Waals surface area contributed by atoms with E-state index < -0.39 is 36.5 Å². The molecule has 0 saturated carbocycles. The highest BCUT2D eigenvalue weighted by atomic mass is 16.2. The summed E-state index contributed by atoms with van der Waals surface area (Å²) in [6.45, 7) is 3.16. The van der Waals surface area contributed by atoms with Gasteiger partial charge in [-0.25, -0.2) is 9.59 Å². The third-order valence-electron chi connectivity index (χ3n) is 3.37. The number of carbonyl (C=O) groups is 4. The first-order chi connectivity index (χ1) is 11.0. The van der Waals surface area contributed by atoms with E-state index in [1.54, 1.807) is 44.2 Å². The summed E-state index contributed by atoms with van der Waals surface area (Å²) in [5, 5.41) is 4.46. The molecular weight excluding hydrogens is 300 g/mol. The van der Waals surface area contributed by atoms with Crippen LogP contribution < -0.4 is 15.5 Å². The van der Waals surface area contributed by atoms with Gasteiger partial charge in [-0.15, -0.1) is 0 Å². The molecule has 2 N–H and O–H groups in total. The van der Waals surface area contributed by atoms with Crippen molar-refractivity contribution in [3.05, 3.63) is 30.3 Å². The highest BCUT2D eigenvalue weighted by Crippen LogP contribution is 2.25. The number of para-hydroxylation sites is 1. The molecular formula is C15H18N4O4. The number of hydrogen-bond acceptors (Lipinski definition) is 4. The fourth-order valence-corrected chi connectivity index (χ4v) is 2.31. The number of urea groups is 2. The summed E-state index contributed by atoms with van der Waals surface area (Å²) >= 11 is 0. The van der Waals surface area contributed by atoms with Gasteiger partial charge < -0.3 is 5.32 Å². The zero-order valence-corrected chi connectivity index (χ0v) is 12.9. The molecule has 0 spiro atoms. The molecule has 1 atom stereocenters. The molecule has 2 rings (SSSR count). The van der Waals surface area contributed by atoms with Crippen molar-refractivity contribution in [1.29, 1.82) is 0 Å². The molecule has 0 radical (unpaired) electrons. The van der Waals surface area contributed by atoms with Gasteiger partial charge in [0.15, 0.2) is 0 Å². The Kier molecular flexibility index (Phi) is 4.95. The highest BCUT2D eigenvalue weighted by molar-refractivity contribution is 6.15. The van der Waals surface area contributed by atoms with E-state index in [9.17, 15) is 19.2 Å². The van der Waals surface area contributed by atoms with Gasteiger partial charge in [-0.05, 0) is 26.0 Å². The molecule has 1 aliphatic rings. The predicted octanol–water partition coefficient (Wildman–Crippen LogP) is 0.689. The van der Waals surface area contributed by atoms with Crippen LogP contribution in [0.1, 0.15) is 13.8 Å². The monoisotopic (exact) mass is 318 g/mol. The molecule has 1 saturated heterocycles. The summed E-state index contributed by atoms with van der Waals surface area (Å²) in [4.78, 5) is 49.9. The maximum atomic E-state index is 12.4. The number of hydrogen-bond donors (Lipinski definition) is 2. The van der Waals surface area contributed by atoms with Gasteiger partial charge in [-0.2, -0.15) is 0 Å². The lowest BCUT2D eigenvalue weighted by molar-refractivity contribution is -0.131. The fraction of sp³-hybridized carbons (Fsp3) is 0.333. The van der Waals surface area contributed by atoms with Gasteiger partial charge in [0.2, 0.25) is 5.91 Å². The Hall–Kier alpha value is -2.90. The zero-order valence-electron chi connectivity index (χ0n) is 12.9. The maximum Gasteiger partial charge on any atom is 0.332 e. The van der Waals surface area contributed by atoms with Crippen LogP contribution in [0.3, 0.4) is 0 Å². The molecule has 1 heterocycles. The van der Waals surface area contributed by atoms with E-state index in [1.165, 1.54) is 4.90 Å². The first-order valence-corrected chi connectivity index (χ1v) is 7.23. The lowest BCUT2D eigenvalue weighted by Crippen LogP contribution is -2.46. The number of rotatable bonds is 4. The van der Waals surface area contributed by atoms with Gasteiger partial charge in [0.05, 0.1) is 0 Å². The minimum atomic E-state index is -0.722. The molecule has 0 aliphatic carbocycles. The Morgan fingerprint density at radius 1 is 1.17 bits per heavy atom. The van der Waals surface area contributed by atoms with Gasteiger partial charge in [-0.3, -0.25) is 24.7 Å². The molecule has 1 aliphatic heterocycles. The Morgan fingerprint density at radius 3 is 2.43 bits per heavy atom. The molecule has 6 amide bonds. The predicted molar refractivity (Wildman–Crippen MR) is 82.7 cm³/mol. The van der Waals surface area contributed by atoms with Crippen molar-refractivity contribution < 1.29 is 19.2 Å². The van der Waals surface area contributed by atoms with Gasteiger partial charge in [0, 0.05) is 12.2 Å². The van der Waals surface area contributed by atoms with Crippen LogP contribution >= 0.6 is 0 Å². The summed E-state index contributed by atoms with van der Waals surface area (Å²) in [7, 11) is 0. The van der Waals surface area contributed by atoms with E-state index in [0.717, 1.165) is 4.90 Å². The Morgan fingerprint density at radius 2 is 1.83 bits per heavy atom. The Labute approximate surface area is 133 Å². The standard InChI is InChI=1S/C15H18N4O4/c1-3-16-14(22)17-12(20)9-18-13(21)10(2)19(15(18)23)11-7-5-4-6-8-11/h4-8,10H,3,9H2,1-2H3,(H2,16,17,20,22)/t10-/m0/s1. The van der Waals surface area contributed by atoms with Crippen LogP contribution in [-0.4, -0.2) is 47.9 Å². The number of benzene rings is 1. The normalized spacial score (nSPS) is 17.4. The van der Waals surface area contributed by atoms with Crippen molar-refractivity contribution in [2.45, 2.75) is 19.9 Å². The zero-order chi connectivity index (χ0) is 17.0. The van der Waals surface area contributed by atoms with Crippen LogP contribution in [0.2, 0.25) is 0 Å². The van der Waals surface area contributed by atoms with Crippen LogP contribution in [0.25, 0.3) is 0 Å². The Bertz CT molecular complexity index is 632. The van der Waals surface area contributed by atoms with Crippen molar-refractivity contribution in [1.82, 2.24) is 15.5 Å². The van der Waals surface area contributed by atoms with Gasteiger partial charge in [0.25, 0.3) is 5.91 Å². The highest BCUT2D eigenvalue weighted by Gasteiger charge is 2.44. The topological polar surface area (TPSA) is 98.8 Å². The van der Waals surface area contributed by atoms with Crippen molar-refractivity contribution in [3.8, 4) is 0 Å². The molecule has 0 unspecified atom stereocenters. The van der Waals surface area contributed by atoms with E-state index in [0.29, 0.717) is 12.2 Å². The van der Waals surface area contributed by atoms with E-state index >= 15 is 0 Å². The van der Waals surface area contributed by atoms with Gasteiger partial charge >= 0.3 is 12.1 Å². The largest absolute Gasteiger partial charge is 0.338 e. The number of anilines is 1. The molecule has 122 valence electrons. The smallest absolute Gasteiger partial charge is 0.332 e. The second-order valence-electron chi connectivity index (χ2n) is 5.00. The fourth-order valence-electron chi connectivity index (χ4n) is 2.31. The van der Waals surface area contributed by atoms with Crippen LogP contribution in [0.4, 0.5) is 15.3 Å². The summed E-state index contributed by atoms with van der Waals surface area (Å²) in [5.74, 6) is -1.20. The van der Waals surface area contributed by atoms with E-state index in [-0.39, 0.29) is 0 Å². The number of imide groups is 2. The van der Waals surface area contributed by atoms with Crippen molar-refractivity contribution in [2.75, 3.05) is 18.0 Å². The first-order valence-electron chi connectivity index (χ1n) is 7.23. The summed E-state index contributed by atoms with van der Waals surface area (Å²) < 4.78 is 0. The summed E-state index contributed by atoms with van der Waals surface area (Å²) in [5.41, 5.74) is 0.574. The molecule has 1 aromatic carbocycles. The lowest BCUT2D eigenvalue weighted by Gasteiger charge is -2.19. The average molecular weight is 318 g/mol. The molecule has 1 fully saturated rings. The minimum absolute atomic E-state index is 0.361. The van der Waals surface area contributed by atoms with E-state index in [2.05, 4.69) is 10.6 Å². The average Bonchev–Trinajstić information content (AvgIpc) is 2.72. The summed E-state index contributed by atoms with van der Waals surface area (Å²) in [6.07, 6.45) is 0. The molecule has 8 nitrogen and oxygen atoms in total. The Balaban J connectivity index is 2.09. The minimum Gasteiger partial charge on any atom is -0.338 e. The van der Waals surface area contributed by atoms with Crippen LogP contribution in [0.15, 0.2) is 30.3 Å². The second-order valence-corrected chi connectivity index (χ2v) is 5.00. The molecule has 23 heavy (non-hydrogen) atoms. The van der Waals surface area contributed by atoms with E-state index in [1.807, 2.05) is 0 Å². The van der Waals surface area contributed by atoms with Crippen molar-refractivity contribution >= 4 is 29.6 Å². The first kappa shape index (κ1) is 16.5. The molecule has 1 aromatic rings. The van der Waals surface area contributed by atoms with Gasteiger partial charge in [0.1, 0.15) is 12.6 Å². The van der Waals surface area contributed by atoms with Crippen LogP contribution in [0, 0.1) is 0 Å². The number of nitrogens with zero attached hydrogens (tertiary/aromatic N) is 2. The van der Waals surface area contributed by atoms with Gasteiger partial charge in [-0.1, -0.05) is 18.2 Å². The van der Waals surface area contributed by atoms with Crippen LogP contribution in [0.5, 0.6) is 0 Å².